The molecule has 0 spiro atoms. The summed E-state index contributed by atoms with van der Waals surface area (Å²) in [6, 6.07) is 17.8. The first-order valence-electron chi connectivity index (χ1n) is 7.99. The Morgan fingerprint density at radius 3 is 2.46 bits per heavy atom. The molecule has 0 radical (unpaired) electrons. The number of amides is 1. The zero-order chi connectivity index (χ0) is 18.7. The molecule has 26 heavy (non-hydrogen) atoms. The summed E-state index contributed by atoms with van der Waals surface area (Å²) >= 11 is 4.48. The topological polar surface area (TPSA) is 46.4 Å². The summed E-state index contributed by atoms with van der Waals surface area (Å²) in [7, 11) is 0. The third-order valence-electron chi connectivity index (χ3n) is 4.01. The number of rotatable bonds is 4. The Morgan fingerprint density at radius 2 is 1.77 bits per heavy atom. The Labute approximate surface area is 180 Å². The lowest BCUT2D eigenvalue weighted by Crippen LogP contribution is -2.17. The van der Waals surface area contributed by atoms with Gasteiger partial charge in [0.05, 0.1) is 6.21 Å². The van der Waals surface area contributed by atoms with Crippen LogP contribution in [0.2, 0.25) is 0 Å². The summed E-state index contributed by atoms with van der Waals surface area (Å²) in [5, 5.41) is 4.13. The molecule has 0 atom stereocenters. The van der Waals surface area contributed by atoms with Gasteiger partial charge >= 0.3 is 0 Å². The number of hydrogen-bond acceptors (Lipinski definition) is 2. The summed E-state index contributed by atoms with van der Waals surface area (Å²) in [5.74, 6) is -0.216. The van der Waals surface area contributed by atoms with Crippen molar-refractivity contribution in [1.82, 2.24) is 9.99 Å². The molecule has 0 fully saturated rings. The van der Waals surface area contributed by atoms with Crippen LogP contribution in [0.1, 0.15) is 27.3 Å². The predicted octanol–water partition coefficient (Wildman–Crippen LogP) is 5.07. The van der Waals surface area contributed by atoms with Crippen molar-refractivity contribution in [3.05, 3.63) is 84.3 Å². The Kier molecular flexibility index (Phi) is 6.13. The molecule has 0 bridgehead atoms. The van der Waals surface area contributed by atoms with Crippen LogP contribution < -0.4 is 5.43 Å². The lowest BCUT2D eigenvalue weighted by atomic mass is 10.2. The predicted molar refractivity (Wildman–Crippen MR) is 122 cm³/mol. The van der Waals surface area contributed by atoms with Crippen LogP contribution >= 0.6 is 45.2 Å². The molecular weight excluding hydrogens is 552 g/mol. The van der Waals surface area contributed by atoms with E-state index in [4.69, 9.17) is 0 Å². The van der Waals surface area contributed by atoms with E-state index in [0.29, 0.717) is 5.56 Å². The molecule has 0 aliphatic heterocycles. The van der Waals surface area contributed by atoms with Crippen LogP contribution in [-0.2, 0) is 0 Å². The van der Waals surface area contributed by atoms with E-state index in [1.165, 1.54) is 3.57 Å². The molecule has 1 heterocycles. The Balaban J connectivity index is 1.78. The molecule has 0 aliphatic rings. The van der Waals surface area contributed by atoms with E-state index in [1.54, 1.807) is 12.3 Å². The molecule has 2 aromatic carbocycles. The minimum Gasteiger partial charge on any atom is -0.318 e. The van der Waals surface area contributed by atoms with Gasteiger partial charge in [-0.05, 0) is 108 Å². The van der Waals surface area contributed by atoms with E-state index >= 15 is 0 Å². The van der Waals surface area contributed by atoms with Gasteiger partial charge in [-0.15, -0.1) is 0 Å². The number of hydrogen-bond donors (Lipinski definition) is 1. The number of aromatic nitrogens is 1. The molecule has 1 aromatic heterocycles. The second kappa shape index (κ2) is 8.34. The van der Waals surface area contributed by atoms with Gasteiger partial charge in [0.1, 0.15) is 0 Å². The molecule has 3 aromatic rings. The smallest absolute Gasteiger partial charge is 0.271 e. The molecule has 0 aliphatic carbocycles. The molecule has 1 N–H and O–H groups in total. The number of carbonyl (C=O) groups is 1. The molecular formula is C20H17I2N3O. The number of nitrogens with zero attached hydrogens (tertiary/aromatic N) is 2. The largest absolute Gasteiger partial charge is 0.318 e. The zero-order valence-corrected chi connectivity index (χ0v) is 18.6. The summed E-state index contributed by atoms with van der Waals surface area (Å²) in [6.07, 6.45) is 1.69. The van der Waals surface area contributed by atoms with Gasteiger partial charge in [0.15, 0.2) is 0 Å². The Morgan fingerprint density at radius 1 is 1.04 bits per heavy atom. The molecule has 1 amide bonds. The summed E-state index contributed by atoms with van der Waals surface area (Å²) < 4.78 is 4.40. The van der Waals surface area contributed by atoms with E-state index < -0.39 is 0 Å². The average Bonchev–Trinajstić information content (AvgIpc) is 2.89. The normalized spacial score (nSPS) is 11.1. The fourth-order valence-electron chi connectivity index (χ4n) is 2.76. The lowest BCUT2D eigenvalue weighted by molar-refractivity contribution is 0.0955. The van der Waals surface area contributed by atoms with E-state index in [-0.39, 0.29) is 5.91 Å². The second-order valence-corrected chi connectivity index (χ2v) is 8.34. The highest BCUT2D eigenvalue weighted by Gasteiger charge is 2.10. The third-order valence-corrected chi connectivity index (χ3v) is 5.40. The van der Waals surface area contributed by atoms with Crippen molar-refractivity contribution in [2.45, 2.75) is 13.8 Å². The van der Waals surface area contributed by atoms with E-state index in [0.717, 1.165) is 26.2 Å². The first-order chi connectivity index (χ1) is 12.5. The SMILES string of the molecule is Cc1cc(/C=N\NC(=O)c2cccc(I)c2)c(C)n1-c1ccc(I)cc1. The molecule has 0 saturated heterocycles. The van der Waals surface area contributed by atoms with Gasteiger partial charge in [-0.25, -0.2) is 5.43 Å². The first-order valence-corrected chi connectivity index (χ1v) is 10.2. The molecule has 4 nitrogen and oxygen atoms in total. The number of halogens is 2. The minimum absolute atomic E-state index is 0.216. The summed E-state index contributed by atoms with van der Waals surface area (Å²) in [5.41, 5.74) is 7.48. The summed E-state index contributed by atoms with van der Waals surface area (Å²) in [4.78, 5) is 12.2. The van der Waals surface area contributed by atoms with Crippen LogP contribution in [-0.4, -0.2) is 16.7 Å². The van der Waals surface area contributed by atoms with Crippen molar-refractivity contribution in [3.63, 3.8) is 0 Å². The highest BCUT2D eigenvalue weighted by Crippen LogP contribution is 2.20. The lowest BCUT2D eigenvalue weighted by Gasteiger charge is -2.09. The van der Waals surface area contributed by atoms with Crippen LogP contribution in [0.15, 0.2) is 59.7 Å². The maximum Gasteiger partial charge on any atom is 0.271 e. The zero-order valence-electron chi connectivity index (χ0n) is 14.3. The number of nitrogens with one attached hydrogen (secondary N) is 1. The standard InChI is InChI=1S/C20H17I2N3O/c1-13-10-16(14(2)25(13)19-8-6-17(21)7-9-19)12-23-24-20(26)15-4-3-5-18(22)11-15/h3-12H,1-2H3,(H,24,26)/b23-12-. The van der Waals surface area contributed by atoms with Gasteiger partial charge in [0.25, 0.3) is 5.91 Å². The van der Waals surface area contributed by atoms with Crippen LogP contribution in [0, 0.1) is 21.0 Å². The molecule has 0 saturated carbocycles. The molecule has 132 valence electrons. The molecule has 3 rings (SSSR count). The maximum absolute atomic E-state index is 12.2. The van der Waals surface area contributed by atoms with Crippen molar-refractivity contribution in [2.24, 2.45) is 5.10 Å². The van der Waals surface area contributed by atoms with Crippen molar-refractivity contribution >= 4 is 57.3 Å². The third kappa shape index (κ3) is 4.35. The van der Waals surface area contributed by atoms with E-state index in [1.807, 2.05) is 25.1 Å². The van der Waals surface area contributed by atoms with E-state index in [2.05, 4.69) is 97.5 Å². The van der Waals surface area contributed by atoms with Crippen LogP contribution in [0.3, 0.4) is 0 Å². The van der Waals surface area contributed by atoms with Crippen LogP contribution in [0.25, 0.3) is 5.69 Å². The summed E-state index contributed by atoms with van der Waals surface area (Å²) in [6.45, 7) is 4.11. The highest BCUT2D eigenvalue weighted by molar-refractivity contribution is 14.1. The number of benzene rings is 2. The van der Waals surface area contributed by atoms with E-state index in [9.17, 15) is 4.79 Å². The van der Waals surface area contributed by atoms with Crippen molar-refractivity contribution in [1.29, 1.82) is 0 Å². The van der Waals surface area contributed by atoms with Crippen LogP contribution in [0.5, 0.6) is 0 Å². The number of aryl methyl sites for hydroxylation is 1. The molecule has 0 unspecified atom stereocenters. The fourth-order valence-corrected chi connectivity index (χ4v) is 3.66. The minimum atomic E-state index is -0.216. The monoisotopic (exact) mass is 569 g/mol. The van der Waals surface area contributed by atoms with Crippen LogP contribution in [0.4, 0.5) is 0 Å². The second-order valence-electron chi connectivity index (χ2n) is 5.85. The van der Waals surface area contributed by atoms with Gasteiger partial charge in [0, 0.05) is 35.3 Å². The van der Waals surface area contributed by atoms with Crippen molar-refractivity contribution in [2.75, 3.05) is 0 Å². The van der Waals surface area contributed by atoms with Gasteiger partial charge in [-0.3, -0.25) is 4.79 Å². The number of carbonyl (C=O) groups excluding carboxylic acids is 1. The first kappa shape index (κ1) is 19.1. The Hall–Kier alpha value is -1.68. The van der Waals surface area contributed by atoms with Gasteiger partial charge in [0.2, 0.25) is 0 Å². The van der Waals surface area contributed by atoms with Crippen molar-refractivity contribution in [3.8, 4) is 5.69 Å². The van der Waals surface area contributed by atoms with Gasteiger partial charge in [-0.2, -0.15) is 5.10 Å². The Bertz CT molecular complexity index is 975. The highest BCUT2D eigenvalue weighted by atomic mass is 127. The molecule has 6 heteroatoms. The quantitative estimate of drug-likeness (QED) is 0.267. The van der Waals surface area contributed by atoms with Gasteiger partial charge < -0.3 is 4.57 Å². The number of hydrazone groups is 1. The van der Waals surface area contributed by atoms with Gasteiger partial charge in [-0.1, -0.05) is 6.07 Å². The average molecular weight is 569 g/mol. The maximum atomic E-state index is 12.2. The van der Waals surface area contributed by atoms with Crippen molar-refractivity contribution < 1.29 is 4.79 Å². The fraction of sp³-hybridized carbons (Fsp3) is 0.100.